The third-order valence-corrected chi connectivity index (χ3v) is 6.78. The minimum Gasteiger partial charge on any atom is -0.335 e. The molecule has 0 spiro atoms. The van der Waals surface area contributed by atoms with Gasteiger partial charge in [-0.2, -0.15) is 0 Å². The van der Waals surface area contributed by atoms with Gasteiger partial charge in [-0.15, -0.1) is 11.3 Å². The van der Waals surface area contributed by atoms with E-state index in [1.54, 1.807) is 11.3 Å². The summed E-state index contributed by atoms with van der Waals surface area (Å²) in [7, 11) is 0. The van der Waals surface area contributed by atoms with Crippen LogP contribution < -0.4 is 0 Å². The number of ketones is 1. The zero-order valence-electron chi connectivity index (χ0n) is 15.3. The Bertz CT molecular complexity index is 838. The summed E-state index contributed by atoms with van der Waals surface area (Å²) in [5.41, 5.74) is 4.77. The van der Waals surface area contributed by atoms with Crippen LogP contribution in [0.15, 0.2) is 29.6 Å². The molecule has 0 bridgehead atoms. The van der Waals surface area contributed by atoms with Gasteiger partial charge in [0.15, 0.2) is 5.78 Å². The van der Waals surface area contributed by atoms with E-state index in [2.05, 4.69) is 24.4 Å². The second-order valence-corrected chi connectivity index (χ2v) is 8.32. The van der Waals surface area contributed by atoms with Crippen molar-refractivity contribution in [3.8, 4) is 0 Å². The zero-order chi connectivity index (χ0) is 18.1. The van der Waals surface area contributed by atoms with Crippen molar-refractivity contribution in [3.63, 3.8) is 0 Å². The van der Waals surface area contributed by atoms with E-state index in [-0.39, 0.29) is 17.7 Å². The molecule has 0 radical (unpaired) electrons. The van der Waals surface area contributed by atoms with Crippen LogP contribution in [-0.2, 0) is 24.1 Å². The third-order valence-electron chi connectivity index (χ3n) is 5.79. The standard InChI is InChI=1S/C22H25NO2S/c1-2-19-18-11-13-26-21(18)10-12-23(19)22(25)9-8-20(24)17-7-6-15-4-3-5-16(15)14-17/h6-7,11,13-14,19H,2-5,8-10,12H2,1H3. The highest BCUT2D eigenvalue weighted by atomic mass is 32.1. The van der Waals surface area contributed by atoms with Crippen molar-refractivity contribution in [2.75, 3.05) is 6.54 Å². The number of rotatable bonds is 5. The van der Waals surface area contributed by atoms with Crippen LogP contribution in [0.5, 0.6) is 0 Å². The quantitative estimate of drug-likeness (QED) is 0.716. The van der Waals surface area contributed by atoms with Crippen molar-refractivity contribution in [2.45, 2.75) is 57.9 Å². The molecule has 26 heavy (non-hydrogen) atoms. The van der Waals surface area contributed by atoms with E-state index >= 15 is 0 Å². The molecule has 1 aromatic heterocycles. The molecule has 1 aliphatic carbocycles. The summed E-state index contributed by atoms with van der Waals surface area (Å²) >= 11 is 1.79. The predicted octanol–water partition coefficient (Wildman–Crippen LogP) is 4.74. The summed E-state index contributed by atoms with van der Waals surface area (Å²) in [6.07, 6.45) is 5.86. The lowest BCUT2D eigenvalue weighted by Gasteiger charge is -2.35. The molecule has 1 aromatic carbocycles. The lowest BCUT2D eigenvalue weighted by Crippen LogP contribution is -2.39. The fourth-order valence-corrected chi connectivity index (χ4v) is 5.32. The van der Waals surface area contributed by atoms with E-state index in [0.29, 0.717) is 12.8 Å². The molecule has 0 N–H and O–H groups in total. The number of fused-ring (bicyclic) bond motifs is 2. The van der Waals surface area contributed by atoms with E-state index in [4.69, 9.17) is 0 Å². The molecule has 3 nitrogen and oxygen atoms in total. The van der Waals surface area contributed by atoms with Gasteiger partial charge in [0.25, 0.3) is 0 Å². The normalized spacial score (nSPS) is 18.5. The van der Waals surface area contributed by atoms with E-state index < -0.39 is 0 Å². The van der Waals surface area contributed by atoms with Gasteiger partial charge in [0, 0.05) is 29.8 Å². The highest BCUT2D eigenvalue weighted by Gasteiger charge is 2.30. The van der Waals surface area contributed by atoms with Crippen LogP contribution >= 0.6 is 11.3 Å². The average Bonchev–Trinajstić information content (AvgIpc) is 3.32. The van der Waals surface area contributed by atoms with Gasteiger partial charge in [0.1, 0.15) is 0 Å². The van der Waals surface area contributed by atoms with Gasteiger partial charge >= 0.3 is 0 Å². The van der Waals surface area contributed by atoms with Crippen molar-refractivity contribution in [3.05, 3.63) is 56.8 Å². The van der Waals surface area contributed by atoms with E-state index in [1.807, 2.05) is 17.0 Å². The molecule has 0 saturated heterocycles. The van der Waals surface area contributed by atoms with Gasteiger partial charge in [-0.3, -0.25) is 9.59 Å². The molecule has 1 atom stereocenters. The van der Waals surface area contributed by atoms with E-state index in [9.17, 15) is 9.59 Å². The molecule has 0 saturated carbocycles. The molecule has 1 amide bonds. The number of amides is 1. The number of carbonyl (C=O) groups is 2. The highest BCUT2D eigenvalue weighted by molar-refractivity contribution is 7.10. The Morgan fingerprint density at radius 3 is 2.81 bits per heavy atom. The number of benzene rings is 1. The molecule has 4 rings (SSSR count). The van der Waals surface area contributed by atoms with Gasteiger partial charge < -0.3 is 4.90 Å². The Balaban J connectivity index is 1.40. The van der Waals surface area contributed by atoms with Crippen LogP contribution in [0.4, 0.5) is 0 Å². The number of nitrogens with zero attached hydrogens (tertiary/aromatic N) is 1. The van der Waals surface area contributed by atoms with Crippen molar-refractivity contribution >= 4 is 23.0 Å². The second kappa shape index (κ2) is 7.36. The highest BCUT2D eigenvalue weighted by Crippen LogP contribution is 2.35. The van der Waals surface area contributed by atoms with Crippen LogP contribution in [0, 0.1) is 0 Å². The largest absolute Gasteiger partial charge is 0.335 e. The molecule has 1 aliphatic heterocycles. The number of hydrogen-bond donors (Lipinski definition) is 0. The van der Waals surface area contributed by atoms with Crippen LogP contribution in [0.3, 0.4) is 0 Å². The second-order valence-electron chi connectivity index (χ2n) is 7.32. The molecule has 2 heterocycles. The number of aryl methyl sites for hydroxylation is 2. The van der Waals surface area contributed by atoms with Crippen molar-refractivity contribution in [2.24, 2.45) is 0 Å². The summed E-state index contributed by atoms with van der Waals surface area (Å²) in [5.74, 6) is 0.206. The average molecular weight is 368 g/mol. The van der Waals surface area contributed by atoms with Gasteiger partial charge in [-0.1, -0.05) is 19.1 Å². The first kappa shape index (κ1) is 17.5. The van der Waals surface area contributed by atoms with Crippen molar-refractivity contribution in [1.29, 1.82) is 0 Å². The topological polar surface area (TPSA) is 37.4 Å². The molecule has 1 unspecified atom stereocenters. The van der Waals surface area contributed by atoms with E-state index in [1.165, 1.54) is 28.0 Å². The SMILES string of the molecule is CCC1c2ccsc2CCN1C(=O)CCC(=O)c1ccc2c(c1)CCC2. The maximum Gasteiger partial charge on any atom is 0.223 e. The van der Waals surface area contributed by atoms with Crippen LogP contribution in [-0.4, -0.2) is 23.1 Å². The summed E-state index contributed by atoms with van der Waals surface area (Å²) < 4.78 is 0. The van der Waals surface area contributed by atoms with Gasteiger partial charge in [-0.25, -0.2) is 0 Å². The van der Waals surface area contributed by atoms with Crippen LogP contribution in [0.2, 0.25) is 0 Å². The first-order chi connectivity index (χ1) is 12.7. The molecular weight excluding hydrogens is 342 g/mol. The Labute approximate surface area is 159 Å². The number of carbonyl (C=O) groups excluding carboxylic acids is 2. The Morgan fingerprint density at radius 1 is 1.12 bits per heavy atom. The lowest BCUT2D eigenvalue weighted by atomic mass is 9.96. The number of hydrogen-bond acceptors (Lipinski definition) is 3. The molecule has 136 valence electrons. The first-order valence-electron chi connectivity index (χ1n) is 9.68. The van der Waals surface area contributed by atoms with Gasteiger partial charge in [0.2, 0.25) is 5.91 Å². The van der Waals surface area contributed by atoms with Gasteiger partial charge in [0.05, 0.1) is 6.04 Å². The fraction of sp³-hybridized carbons (Fsp3) is 0.455. The maximum atomic E-state index is 12.8. The third kappa shape index (κ3) is 3.23. The molecule has 2 aliphatic rings. The number of Topliss-reactive ketones (excluding diaryl/α,β-unsaturated/α-hetero) is 1. The molecule has 2 aromatic rings. The van der Waals surface area contributed by atoms with Crippen LogP contribution in [0.1, 0.15) is 70.6 Å². The van der Waals surface area contributed by atoms with Crippen molar-refractivity contribution < 1.29 is 9.59 Å². The zero-order valence-corrected chi connectivity index (χ0v) is 16.1. The van der Waals surface area contributed by atoms with Crippen molar-refractivity contribution in [1.82, 2.24) is 4.90 Å². The first-order valence-corrected chi connectivity index (χ1v) is 10.6. The molecule has 4 heteroatoms. The minimum absolute atomic E-state index is 0.0920. The lowest BCUT2D eigenvalue weighted by molar-refractivity contribution is -0.134. The summed E-state index contributed by atoms with van der Waals surface area (Å²) in [6.45, 7) is 2.91. The van der Waals surface area contributed by atoms with Crippen LogP contribution in [0.25, 0.3) is 0 Å². The molecular formula is C22H25NO2S. The monoisotopic (exact) mass is 367 g/mol. The van der Waals surface area contributed by atoms with E-state index in [0.717, 1.165) is 37.8 Å². The fourth-order valence-electron chi connectivity index (χ4n) is 4.39. The number of thiophene rings is 1. The Hall–Kier alpha value is -1.94. The Morgan fingerprint density at radius 2 is 1.96 bits per heavy atom. The minimum atomic E-state index is 0.0920. The van der Waals surface area contributed by atoms with Gasteiger partial charge in [-0.05, 0) is 66.3 Å². The predicted molar refractivity (Wildman–Crippen MR) is 105 cm³/mol. The Kier molecular flexibility index (Phi) is 4.94. The summed E-state index contributed by atoms with van der Waals surface area (Å²) in [6, 6.07) is 8.40. The molecule has 0 fully saturated rings. The summed E-state index contributed by atoms with van der Waals surface area (Å²) in [5, 5.41) is 2.12. The summed E-state index contributed by atoms with van der Waals surface area (Å²) in [4.78, 5) is 28.8. The smallest absolute Gasteiger partial charge is 0.223 e. The maximum absolute atomic E-state index is 12.8.